The number of benzene rings is 1. The second-order valence-corrected chi connectivity index (χ2v) is 3.27. The Morgan fingerprint density at radius 1 is 1.19 bits per heavy atom. The van der Waals surface area contributed by atoms with Crippen LogP contribution in [0.5, 0.6) is 0 Å². The fourth-order valence-corrected chi connectivity index (χ4v) is 1.24. The molecule has 1 aromatic rings. The van der Waals surface area contributed by atoms with Crippen molar-refractivity contribution in [1.29, 1.82) is 0 Å². The van der Waals surface area contributed by atoms with Gasteiger partial charge < -0.3 is 5.32 Å². The summed E-state index contributed by atoms with van der Waals surface area (Å²) in [6.07, 6.45) is 11.8. The van der Waals surface area contributed by atoms with E-state index in [1.165, 1.54) is 5.56 Å². The number of rotatable bonds is 5. The van der Waals surface area contributed by atoms with Crippen molar-refractivity contribution in [3.8, 4) is 0 Å². The van der Waals surface area contributed by atoms with Crippen LogP contribution in [-0.2, 0) is 0 Å². The molecule has 0 aromatic heterocycles. The zero-order valence-electron chi connectivity index (χ0n) is 9.56. The second kappa shape index (κ2) is 7.30. The Morgan fingerprint density at radius 2 is 1.94 bits per heavy atom. The molecule has 0 fully saturated rings. The highest BCUT2D eigenvalue weighted by atomic mass is 14.8. The molecule has 0 radical (unpaired) electrons. The van der Waals surface area contributed by atoms with Gasteiger partial charge in [-0.1, -0.05) is 61.2 Å². The summed E-state index contributed by atoms with van der Waals surface area (Å²) >= 11 is 0. The summed E-state index contributed by atoms with van der Waals surface area (Å²) in [5, 5.41) is 2.97. The van der Waals surface area contributed by atoms with E-state index in [1.807, 2.05) is 43.6 Å². The smallest absolute Gasteiger partial charge is 0.00277 e. The number of hydrogen-bond donors (Lipinski definition) is 1. The van der Waals surface area contributed by atoms with E-state index in [4.69, 9.17) is 0 Å². The molecule has 82 valence electrons. The summed E-state index contributed by atoms with van der Waals surface area (Å²) in [5.41, 5.74) is 2.29. The molecule has 1 N–H and O–H groups in total. The first-order valence-electron chi connectivity index (χ1n) is 5.26. The van der Waals surface area contributed by atoms with Crippen LogP contribution in [0.2, 0.25) is 0 Å². The van der Waals surface area contributed by atoms with Gasteiger partial charge in [-0.05, 0) is 23.4 Å². The monoisotopic (exact) mass is 211 g/mol. The van der Waals surface area contributed by atoms with Gasteiger partial charge in [-0.15, -0.1) is 0 Å². The molecule has 0 aliphatic heterocycles. The summed E-state index contributed by atoms with van der Waals surface area (Å²) in [4.78, 5) is 0. The maximum Gasteiger partial charge on any atom is 0.00277 e. The molecule has 16 heavy (non-hydrogen) atoms. The average Bonchev–Trinajstić information content (AvgIpc) is 2.34. The molecule has 0 heterocycles. The van der Waals surface area contributed by atoms with Gasteiger partial charge in [0.2, 0.25) is 0 Å². The van der Waals surface area contributed by atoms with Crippen LogP contribution in [0.1, 0.15) is 5.56 Å². The van der Waals surface area contributed by atoms with E-state index in [0.29, 0.717) is 0 Å². The summed E-state index contributed by atoms with van der Waals surface area (Å²) in [6.45, 7) is 3.70. The topological polar surface area (TPSA) is 12.0 Å². The lowest BCUT2D eigenvalue weighted by Gasteiger charge is -1.94. The maximum absolute atomic E-state index is 3.70. The van der Waals surface area contributed by atoms with Crippen LogP contribution in [0.15, 0.2) is 73.0 Å². The molecule has 0 saturated carbocycles. The van der Waals surface area contributed by atoms with Gasteiger partial charge in [-0.25, -0.2) is 0 Å². The van der Waals surface area contributed by atoms with Gasteiger partial charge in [0.05, 0.1) is 0 Å². The van der Waals surface area contributed by atoms with Crippen LogP contribution in [0.3, 0.4) is 0 Å². The van der Waals surface area contributed by atoms with Gasteiger partial charge in [0, 0.05) is 7.05 Å². The first-order chi connectivity index (χ1) is 7.86. The minimum atomic E-state index is 1.10. The Kier molecular flexibility index (Phi) is 5.49. The number of allylic oxidation sites excluding steroid dienone is 5. The largest absolute Gasteiger partial charge is 0.394 e. The van der Waals surface area contributed by atoms with Crippen molar-refractivity contribution in [3.05, 3.63) is 78.6 Å². The van der Waals surface area contributed by atoms with Crippen LogP contribution in [-0.4, -0.2) is 7.05 Å². The highest BCUT2D eigenvalue weighted by molar-refractivity contribution is 5.54. The number of hydrogen-bond acceptors (Lipinski definition) is 1. The Labute approximate surface area is 97.5 Å². The van der Waals surface area contributed by atoms with E-state index in [0.717, 1.165) is 5.57 Å². The van der Waals surface area contributed by atoms with Crippen LogP contribution in [0.25, 0.3) is 6.08 Å². The molecule has 0 unspecified atom stereocenters. The third-order valence-corrected chi connectivity index (χ3v) is 2.02. The molecule has 0 aliphatic rings. The standard InChI is InChI=1S/C15H17N/c1-3-7-14(12-13-16-2)10-11-15-8-5-4-6-9-15/h3-13,16H,1H2,2H3/b11-10?,13-12-,14-7-. The molecule has 0 amide bonds. The molecule has 0 saturated heterocycles. The fourth-order valence-electron chi connectivity index (χ4n) is 1.24. The predicted octanol–water partition coefficient (Wildman–Crippen LogP) is 3.55. The molecule has 0 bridgehead atoms. The average molecular weight is 211 g/mol. The fraction of sp³-hybridized carbons (Fsp3) is 0.0667. The van der Waals surface area contributed by atoms with Gasteiger partial charge in [-0.3, -0.25) is 0 Å². The lowest BCUT2D eigenvalue weighted by molar-refractivity contribution is 1.10. The van der Waals surface area contributed by atoms with Gasteiger partial charge in [0.25, 0.3) is 0 Å². The molecule has 1 heteroatoms. The van der Waals surface area contributed by atoms with Crippen LogP contribution in [0, 0.1) is 0 Å². The van der Waals surface area contributed by atoms with E-state index >= 15 is 0 Å². The molecular weight excluding hydrogens is 194 g/mol. The SMILES string of the molecule is C=C/C=C(C=Cc1ccccc1)\C=C/NC. The van der Waals surface area contributed by atoms with Gasteiger partial charge >= 0.3 is 0 Å². The summed E-state index contributed by atoms with van der Waals surface area (Å²) in [6, 6.07) is 10.2. The van der Waals surface area contributed by atoms with Crippen LogP contribution in [0.4, 0.5) is 0 Å². The highest BCUT2D eigenvalue weighted by Crippen LogP contribution is 2.06. The molecule has 1 rings (SSSR count). The van der Waals surface area contributed by atoms with Crippen molar-refractivity contribution >= 4 is 6.08 Å². The van der Waals surface area contributed by atoms with E-state index in [-0.39, 0.29) is 0 Å². The first kappa shape index (κ1) is 12.1. The maximum atomic E-state index is 3.70. The van der Waals surface area contributed by atoms with Crippen molar-refractivity contribution in [2.45, 2.75) is 0 Å². The zero-order chi connectivity index (χ0) is 11.6. The summed E-state index contributed by atoms with van der Waals surface area (Å²) in [5.74, 6) is 0. The first-order valence-corrected chi connectivity index (χ1v) is 5.26. The quantitative estimate of drug-likeness (QED) is 0.734. The van der Waals surface area contributed by atoms with Crippen molar-refractivity contribution in [2.75, 3.05) is 7.05 Å². The van der Waals surface area contributed by atoms with Crippen LogP contribution < -0.4 is 5.32 Å². The van der Waals surface area contributed by atoms with Crippen molar-refractivity contribution in [3.63, 3.8) is 0 Å². The van der Waals surface area contributed by atoms with Gasteiger partial charge in [-0.2, -0.15) is 0 Å². The van der Waals surface area contributed by atoms with Crippen molar-refractivity contribution in [1.82, 2.24) is 5.32 Å². The van der Waals surface area contributed by atoms with Crippen molar-refractivity contribution < 1.29 is 0 Å². The minimum absolute atomic E-state index is 1.10. The lowest BCUT2D eigenvalue weighted by Crippen LogP contribution is -1.91. The van der Waals surface area contributed by atoms with Crippen molar-refractivity contribution in [2.24, 2.45) is 0 Å². The highest BCUT2D eigenvalue weighted by Gasteiger charge is 1.85. The third-order valence-electron chi connectivity index (χ3n) is 2.02. The Morgan fingerprint density at radius 3 is 2.56 bits per heavy atom. The predicted molar refractivity (Wildman–Crippen MR) is 72.0 cm³/mol. The molecule has 0 spiro atoms. The number of nitrogens with one attached hydrogen (secondary N) is 1. The minimum Gasteiger partial charge on any atom is -0.394 e. The third kappa shape index (κ3) is 4.47. The van der Waals surface area contributed by atoms with Gasteiger partial charge in [0.15, 0.2) is 0 Å². The molecule has 1 nitrogen and oxygen atoms in total. The molecule has 0 aliphatic carbocycles. The molecule has 0 atom stereocenters. The van der Waals surface area contributed by atoms with E-state index in [9.17, 15) is 0 Å². The van der Waals surface area contributed by atoms with Gasteiger partial charge in [0.1, 0.15) is 0 Å². The Bertz CT molecular complexity index is 397. The van der Waals surface area contributed by atoms with E-state index in [1.54, 1.807) is 6.08 Å². The summed E-state index contributed by atoms with van der Waals surface area (Å²) in [7, 11) is 1.88. The molecule has 1 aromatic carbocycles. The van der Waals surface area contributed by atoms with E-state index < -0.39 is 0 Å². The second-order valence-electron chi connectivity index (χ2n) is 3.27. The van der Waals surface area contributed by atoms with E-state index in [2.05, 4.69) is 36.2 Å². The lowest BCUT2D eigenvalue weighted by atomic mass is 10.1. The molecular formula is C15H17N. The normalized spacial score (nSPS) is 12.2. The van der Waals surface area contributed by atoms with Crippen LogP contribution >= 0.6 is 0 Å². The zero-order valence-corrected chi connectivity index (χ0v) is 9.56. The Balaban J connectivity index is 2.76. The Hall–Kier alpha value is -2.02. The summed E-state index contributed by atoms with van der Waals surface area (Å²) < 4.78 is 0.